The van der Waals surface area contributed by atoms with E-state index in [1.807, 2.05) is 31.2 Å². The quantitative estimate of drug-likeness (QED) is 0.758. The van der Waals surface area contributed by atoms with Gasteiger partial charge in [-0.2, -0.15) is 0 Å². The van der Waals surface area contributed by atoms with E-state index in [2.05, 4.69) is 36.4 Å². The lowest BCUT2D eigenvalue weighted by molar-refractivity contribution is 0.102. The highest BCUT2D eigenvalue weighted by Crippen LogP contribution is 2.28. The van der Waals surface area contributed by atoms with E-state index in [9.17, 15) is 4.79 Å². The third kappa shape index (κ3) is 2.34. The standard InChI is InChI=1S/C13H11BrN4OS/c1-2-9-17-18-13(20-9)16-12(19)11-10(14)7-5-3-4-6-8(7)15-11/h3-6,15H,2H2,1H3,(H,16,18,19). The average molecular weight is 351 g/mol. The molecule has 5 nitrogen and oxygen atoms in total. The Morgan fingerprint density at radius 1 is 1.40 bits per heavy atom. The average Bonchev–Trinajstić information content (AvgIpc) is 3.04. The van der Waals surface area contributed by atoms with Gasteiger partial charge in [0.25, 0.3) is 5.91 Å². The molecular formula is C13H11BrN4OS. The number of H-pyrrole nitrogens is 1. The minimum absolute atomic E-state index is 0.230. The first kappa shape index (κ1) is 13.3. The van der Waals surface area contributed by atoms with Crippen LogP contribution >= 0.6 is 27.3 Å². The number of nitrogens with one attached hydrogen (secondary N) is 2. The molecule has 0 aliphatic carbocycles. The molecule has 1 amide bonds. The molecule has 0 aliphatic rings. The van der Waals surface area contributed by atoms with Crippen molar-refractivity contribution in [1.29, 1.82) is 0 Å². The van der Waals surface area contributed by atoms with Gasteiger partial charge in [-0.3, -0.25) is 10.1 Å². The maximum absolute atomic E-state index is 12.3. The Bertz CT molecular complexity index is 780. The van der Waals surface area contributed by atoms with Gasteiger partial charge in [-0.05, 0) is 28.4 Å². The normalized spacial score (nSPS) is 10.9. The summed E-state index contributed by atoms with van der Waals surface area (Å²) >= 11 is 4.85. The number of para-hydroxylation sites is 1. The second-order valence-corrected chi connectivity index (χ2v) is 6.02. The van der Waals surface area contributed by atoms with E-state index >= 15 is 0 Å². The van der Waals surface area contributed by atoms with Gasteiger partial charge in [-0.15, -0.1) is 10.2 Å². The molecule has 2 aromatic heterocycles. The van der Waals surface area contributed by atoms with Crippen molar-refractivity contribution in [2.45, 2.75) is 13.3 Å². The topological polar surface area (TPSA) is 70.7 Å². The van der Waals surface area contributed by atoms with Crippen LogP contribution in [0.4, 0.5) is 5.13 Å². The predicted octanol–water partition coefficient (Wildman–Crippen LogP) is 3.60. The number of anilines is 1. The van der Waals surface area contributed by atoms with Crippen LogP contribution in [-0.4, -0.2) is 21.1 Å². The fourth-order valence-electron chi connectivity index (χ4n) is 1.87. The zero-order valence-corrected chi connectivity index (χ0v) is 13.0. The van der Waals surface area contributed by atoms with Gasteiger partial charge in [0.2, 0.25) is 5.13 Å². The van der Waals surface area contributed by atoms with Crippen molar-refractivity contribution in [3.05, 3.63) is 39.4 Å². The molecule has 0 saturated heterocycles. The zero-order valence-electron chi connectivity index (χ0n) is 10.6. The lowest BCUT2D eigenvalue weighted by atomic mass is 10.2. The molecule has 0 spiro atoms. The summed E-state index contributed by atoms with van der Waals surface area (Å²) in [6.45, 7) is 2.00. The summed E-state index contributed by atoms with van der Waals surface area (Å²) in [5.74, 6) is -0.230. The molecule has 0 fully saturated rings. The number of rotatable bonds is 3. The molecule has 0 aliphatic heterocycles. The minimum Gasteiger partial charge on any atom is -0.350 e. The molecule has 0 unspecified atom stereocenters. The minimum atomic E-state index is -0.230. The van der Waals surface area contributed by atoms with Crippen LogP contribution in [0, 0.1) is 0 Å². The van der Waals surface area contributed by atoms with Crippen molar-refractivity contribution in [3.8, 4) is 0 Å². The Morgan fingerprint density at radius 3 is 2.90 bits per heavy atom. The van der Waals surface area contributed by atoms with Gasteiger partial charge >= 0.3 is 0 Å². The number of fused-ring (bicyclic) bond motifs is 1. The van der Waals surface area contributed by atoms with Crippen LogP contribution in [0.2, 0.25) is 0 Å². The molecule has 102 valence electrons. The van der Waals surface area contributed by atoms with Gasteiger partial charge in [0.15, 0.2) is 0 Å². The smallest absolute Gasteiger partial charge is 0.275 e. The van der Waals surface area contributed by atoms with E-state index < -0.39 is 0 Å². The van der Waals surface area contributed by atoms with Crippen LogP contribution < -0.4 is 5.32 Å². The van der Waals surface area contributed by atoms with Gasteiger partial charge in [-0.25, -0.2) is 0 Å². The number of carbonyl (C=O) groups excluding carboxylic acids is 1. The summed E-state index contributed by atoms with van der Waals surface area (Å²) in [7, 11) is 0. The van der Waals surface area contributed by atoms with E-state index in [1.54, 1.807) is 0 Å². The molecular weight excluding hydrogens is 340 g/mol. The lowest BCUT2D eigenvalue weighted by Crippen LogP contribution is -2.12. The second-order valence-electron chi connectivity index (χ2n) is 4.17. The van der Waals surface area contributed by atoms with Crippen LogP contribution in [-0.2, 0) is 6.42 Å². The van der Waals surface area contributed by atoms with Crippen molar-refractivity contribution in [2.75, 3.05) is 5.32 Å². The first-order valence-corrected chi connectivity index (χ1v) is 7.70. The molecule has 3 rings (SSSR count). The van der Waals surface area contributed by atoms with Crippen molar-refractivity contribution in [1.82, 2.24) is 15.2 Å². The first-order chi connectivity index (χ1) is 9.69. The largest absolute Gasteiger partial charge is 0.350 e. The Labute approximate surface area is 127 Å². The molecule has 0 saturated carbocycles. The van der Waals surface area contributed by atoms with Crippen molar-refractivity contribution in [2.24, 2.45) is 0 Å². The van der Waals surface area contributed by atoms with E-state index in [-0.39, 0.29) is 5.91 Å². The highest BCUT2D eigenvalue weighted by Gasteiger charge is 2.17. The SMILES string of the molecule is CCc1nnc(NC(=O)c2[nH]c3ccccc3c2Br)s1. The number of aryl methyl sites for hydroxylation is 1. The number of halogens is 1. The summed E-state index contributed by atoms with van der Waals surface area (Å²) in [6, 6.07) is 7.73. The Hall–Kier alpha value is -1.73. The van der Waals surface area contributed by atoms with Crippen LogP contribution in [0.25, 0.3) is 10.9 Å². The molecule has 2 N–H and O–H groups in total. The van der Waals surface area contributed by atoms with E-state index in [0.29, 0.717) is 10.8 Å². The van der Waals surface area contributed by atoms with Gasteiger partial charge in [0.05, 0.1) is 4.47 Å². The molecule has 1 aromatic carbocycles. The third-order valence-electron chi connectivity index (χ3n) is 2.86. The Kier molecular flexibility index (Phi) is 3.54. The van der Waals surface area contributed by atoms with Crippen molar-refractivity contribution >= 4 is 49.2 Å². The first-order valence-electron chi connectivity index (χ1n) is 6.09. The summed E-state index contributed by atoms with van der Waals surface area (Å²) in [5, 5.41) is 13.1. The number of aromatic amines is 1. The number of carbonyl (C=O) groups is 1. The molecule has 0 atom stereocenters. The third-order valence-corrected chi connectivity index (χ3v) is 4.67. The number of amides is 1. The molecule has 2 heterocycles. The number of nitrogens with zero attached hydrogens (tertiary/aromatic N) is 2. The second kappa shape index (κ2) is 5.34. The van der Waals surface area contributed by atoms with Crippen molar-refractivity contribution in [3.63, 3.8) is 0 Å². The Morgan fingerprint density at radius 2 is 2.20 bits per heavy atom. The fraction of sp³-hybridized carbons (Fsp3) is 0.154. The van der Waals surface area contributed by atoms with Gasteiger partial charge in [0, 0.05) is 10.9 Å². The van der Waals surface area contributed by atoms with Crippen LogP contribution in [0.5, 0.6) is 0 Å². The highest BCUT2D eigenvalue weighted by atomic mass is 79.9. The number of hydrogen-bond acceptors (Lipinski definition) is 4. The van der Waals surface area contributed by atoms with Crippen LogP contribution in [0.15, 0.2) is 28.7 Å². The van der Waals surface area contributed by atoms with E-state index in [4.69, 9.17) is 0 Å². The summed E-state index contributed by atoms with van der Waals surface area (Å²) in [6.07, 6.45) is 0.809. The fourth-order valence-corrected chi connectivity index (χ4v) is 3.17. The van der Waals surface area contributed by atoms with Gasteiger partial charge < -0.3 is 4.98 Å². The molecule has 7 heteroatoms. The van der Waals surface area contributed by atoms with E-state index in [0.717, 1.165) is 26.8 Å². The molecule has 0 bridgehead atoms. The summed E-state index contributed by atoms with van der Waals surface area (Å²) < 4.78 is 0.755. The number of aromatic nitrogens is 3. The molecule has 3 aromatic rings. The predicted molar refractivity (Wildman–Crippen MR) is 83.2 cm³/mol. The monoisotopic (exact) mass is 350 g/mol. The van der Waals surface area contributed by atoms with E-state index in [1.165, 1.54) is 11.3 Å². The maximum atomic E-state index is 12.3. The Balaban J connectivity index is 1.90. The molecule has 20 heavy (non-hydrogen) atoms. The zero-order chi connectivity index (χ0) is 14.1. The lowest BCUT2D eigenvalue weighted by Gasteiger charge is -1.98. The highest BCUT2D eigenvalue weighted by molar-refractivity contribution is 9.10. The van der Waals surface area contributed by atoms with Crippen LogP contribution in [0.1, 0.15) is 22.4 Å². The van der Waals surface area contributed by atoms with Gasteiger partial charge in [0.1, 0.15) is 10.7 Å². The van der Waals surface area contributed by atoms with Crippen LogP contribution in [0.3, 0.4) is 0 Å². The van der Waals surface area contributed by atoms with Crippen molar-refractivity contribution < 1.29 is 4.79 Å². The van der Waals surface area contributed by atoms with Gasteiger partial charge in [-0.1, -0.05) is 36.5 Å². The number of hydrogen-bond donors (Lipinski definition) is 2. The molecule has 0 radical (unpaired) electrons. The summed E-state index contributed by atoms with van der Waals surface area (Å²) in [4.78, 5) is 15.4. The summed E-state index contributed by atoms with van der Waals surface area (Å²) in [5.41, 5.74) is 1.40. The maximum Gasteiger partial charge on any atom is 0.275 e. The number of benzene rings is 1.